The Morgan fingerprint density at radius 2 is 2.16 bits per heavy atom. The molecule has 19 heavy (non-hydrogen) atoms. The third-order valence-corrected chi connectivity index (χ3v) is 2.99. The lowest BCUT2D eigenvalue weighted by molar-refractivity contribution is -0.142. The van der Waals surface area contributed by atoms with Gasteiger partial charge in [0.25, 0.3) is 0 Å². The molecule has 1 aromatic heterocycles. The zero-order chi connectivity index (χ0) is 14.0. The van der Waals surface area contributed by atoms with Gasteiger partial charge in [-0.2, -0.15) is 0 Å². The van der Waals surface area contributed by atoms with Crippen molar-refractivity contribution in [1.82, 2.24) is 15.0 Å². The van der Waals surface area contributed by atoms with Crippen molar-refractivity contribution in [2.45, 2.75) is 19.3 Å². The smallest absolute Gasteiger partial charge is 0.315 e. The molecule has 0 atom stereocenters. The SMILES string of the molecule is COc1cccc(-n2cc(C(C)(C)C(=O)O)nn2)c1. The molecule has 6 heteroatoms. The molecule has 0 spiro atoms. The van der Waals surface area contributed by atoms with Crippen LogP contribution in [0.2, 0.25) is 0 Å². The number of carbonyl (C=O) groups is 1. The Labute approximate surface area is 110 Å². The Hall–Kier alpha value is -2.37. The van der Waals surface area contributed by atoms with Gasteiger partial charge in [-0.3, -0.25) is 4.79 Å². The zero-order valence-corrected chi connectivity index (χ0v) is 11.0. The zero-order valence-electron chi connectivity index (χ0n) is 11.0. The Morgan fingerprint density at radius 3 is 2.79 bits per heavy atom. The molecule has 1 aromatic carbocycles. The number of carboxylic acid groups (broad SMARTS) is 1. The van der Waals surface area contributed by atoms with Crippen molar-refractivity contribution in [3.05, 3.63) is 36.2 Å². The Kier molecular flexibility index (Phi) is 3.25. The summed E-state index contributed by atoms with van der Waals surface area (Å²) in [5.41, 5.74) is 0.0963. The van der Waals surface area contributed by atoms with Gasteiger partial charge in [-0.1, -0.05) is 11.3 Å². The lowest BCUT2D eigenvalue weighted by Gasteiger charge is -2.14. The fourth-order valence-corrected chi connectivity index (χ4v) is 1.54. The van der Waals surface area contributed by atoms with E-state index < -0.39 is 11.4 Å². The van der Waals surface area contributed by atoms with Crippen molar-refractivity contribution < 1.29 is 14.6 Å². The first-order chi connectivity index (χ1) is 8.95. The van der Waals surface area contributed by atoms with Crippen LogP contribution in [0, 0.1) is 0 Å². The maximum Gasteiger partial charge on any atom is 0.315 e. The molecular formula is C13H15N3O3. The number of rotatable bonds is 4. The van der Waals surface area contributed by atoms with Crippen LogP contribution in [0.15, 0.2) is 30.5 Å². The second kappa shape index (κ2) is 4.72. The summed E-state index contributed by atoms with van der Waals surface area (Å²) in [6, 6.07) is 7.29. The average molecular weight is 261 g/mol. The van der Waals surface area contributed by atoms with Crippen LogP contribution in [0.25, 0.3) is 5.69 Å². The van der Waals surface area contributed by atoms with Crippen molar-refractivity contribution >= 4 is 5.97 Å². The molecule has 0 saturated carbocycles. The quantitative estimate of drug-likeness (QED) is 0.905. The first-order valence-corrected chi connectivity index (χ1v) is 5.76. The standard InChI is InChI=1S/C13H15N3O3/c1-13(2,12(17)18)11-8-16(15-14-11)9-5-4-6-10(7-9)19-3/h4-8H,1-3H3,(H,17,18). The van der Waals surface area contributed by atoms with E-state index in [1.54, 1.807) is 33.2 Å². The van der Waals surface area contributed by atoms with Crippen molar-refractivity contribution in [3.8, 4) is 11.4 Å². The highest BCUT2D eigenvalue weighted by atomic mass is 16.5. The van der Waals surface area contributed by atoms with E-state index in [2.05, 4.69) is 10.3 Å². The number of nitrogens with zero attached hydrogens (tertiary/aromatic N) is 3. The van der Waals surface area contributed by atoms with Crippen molar-refractivity contribution in [2.75, 3.05) is 7.11 Å². The number of aromatic nitrogens is 3. The monoisotopic (exact) mass is 261 g/mol. The van der Waals surface area contributed by atoms with Gasteiger partial charge >= 0.3 is 5.97 Å². The highest BCUT2D eigenvalue weighted by Crippen LogP contribution is 2.22. The van der Waals surface area contributed by atoms with Crippen LogP contribution in [0.1, 0.15) is 19.5 Å². The number of methoxy groups -OCH3 is 1. The highest BCUT2D eigenvalue weighted by molar-refractivity contribution is 5.79. The predicted octanol–water partition coefficient (Wildman–Crippen LogP) is 1.64. The molecule has 0 aliphatic carbocycles. The van der Waals surface area contributed by atoms with E-state index in [1.807, 2.05) is 18.2 Å². The van der Waals surface area contributed by atoms with Crippen LogP contribution in [0.4, 0.5) is 0 Å². The summed E-state index contributed by atoms with van der Waals surface area (Å²) >= 11 is 0. The molecule has 0 fully saturated rings. The van der Waals surface area contributed by atoms with Gasteiger partial charge in [-0.15, -0.1) is 5.10 Å². The third-order valence-electron chi connectivity index (χ3n) is 2.99. The Bertz CT molecular complexity index is 605. The molecule has 1 heterocycles. The van der Waals surface area contributed by atoms with E-state index in [9.17, 15) is 4.79 Å². The van der Waals surface area contributed by atoms with E-state index in [-0.39, 0.29) is 0 Å². The number of benzene rings is 1. The van der Waals surface area contributed by atoms with Gasteiger partial charge in [0.15, 0.2) is 0 Å². The molecule has 2 aromatic rings. The van der Waals surface area contributed by atoms with E-state index in [0.29, 0.717) is 11.4 Å². The lowest BCUT2D eigenvalue weighted by atomic mass is 9.90. The average Bonchev–Trinajstić information content (AvgIpc) is 2.89. The van der Waals surface area contributed by atoms with Crippen LogP contribution in [-0.2, 0) is 10.2 Å². The van der Waals surface area contributed by atoms with Crippen LogP contribution >= 0.6 is 0 Å². The van der Waals surface area contributed by atoms with E-state index >= 15 is 0 Å². The number of hydrogen-bond donors (Lipinski definition) is 1. The fraction of sp³-hybridized carbons (Fsp3) is 0.308. The molecule has 0 unspecified atom stereocenters. The topological polar surface area (TPSA) is 77.2 Å². The summed E-state index contributed by atoms with van der Waals surface area (Å²) in [4.78, 5) is 11.2. The first-order valence-electron chi connectivity index (χ1n) is 5.76. The third kappa shape index (κ3) is 2.42. The van der Waals surface area contributed by atoms with E-state index in [1.165, 1.54) is 4.68 Å². The summed E-state index contributed by atoms with van der Waals surface area (Å²) in [6.45, 7) is 3.19. The minimum atomic E-state index is -1.07. The van der Waals surface area contributed by atoms with Crippen molar-refractivity contribution in [2.24, 2.45) is 0 Å². The molecule has 0 aliphatic heterocycles. The second-order valence-corrected chi connectivity index (χ2v) is 4.68. The van der Waals surface area contributed by atoms with Gasteiger partial charge in [-0.05, 0) is 26.0 Å². The normalized spacial score (nSPS) is 11.3. The number of ether oxygens (including phenoxy) is 1. The highest BCUT2D eigenvalue weighted by Gasteiger charge is 2.32. The Balaban J connectivity index is 2.38. The maximum atomic E-state index is 11.2. The minimum Gasteiger partial charge on any atom is -0.497 e. The molecule has 0 radical (unpaired) electrons. The summed E-state index contributed by atoms with van der Waals surface area (Å²) in [6.07, 6.45) is 1.61. The molecule has 0 amide bonds. The summed E-state index contributed by atoms with van der Waals surface area (Å²) in [5.74, 6) is -0.239. The summed E-state index contributed by atoms with van der Waals surface area (Å²) in [5, 5.41) is 17.1. The van der Waals surface area contributed by atoms with Gasteiger partial charge in [-0.25, -0.2) is 4.68 Å². The maximum absolute atomic E-state index is 11.2. The molecule has 0 saturated heterocycles. The molecule has 6 nitrogen and oxygen atoms in total. The molecule has 100 valence electrons. The van der Waals surface area contributed by atoms with Gasteiger partial charge < -0.3 is 9.84 Å². The van der Waals surface area contributed by atoms with E-state index in [4.69, 9.17) is 9.84 Å². The molecule has 0 bridgehead atoms. The van der Waals surface area contributed by atoms with Gasteiger partial charge in [0.1, 0.15) is 11.2 Å². The number of carboxylic acids is 1. The largest absolute Gasteiger partial charge is 0.497 e. The molecular weight excluding hydrogens is 246 g/mol. The molecule has 1 N–H and O–H groups in total. The molecule has 0 aliphatic rings. The van der Waals surface area contributed by atoms with Crippen molar-refractivity contribution in [1.29, 1.82) is 0 Å². The first kappa shape index (κ1) is 13.1. The summed E-state index contributed by atoms with van der Waals surface area (Å²) in [7, 11) is 1.58. The van der Waals surface area contributed by atoms with Gasteiger partial charge in [0.05, 0.1) is 24.7 Å². The van der Waals surface area contributed by atoms with Gasteiger partial charge in [0, 0.05) is 6.07 Å². The predicted molar refractivity (Wildman–Crippen MR) is 68.6 cm³/mol. The van der Waals surface area contributed by atoms with Crippen LogP contribution < -0.4 is 4.74 Å². The fourth-order valence-electron chi connectivity index (χ4n) is 1.54. The van der Waals surface area contributed by atoms with E-state index in [0.717, 1.165) is 5.69 Å². The summed E-state index contributed by atoms with van der Waals surface area (Å²) < 4.78 is 6.66. The second-order valence-electron chi connectivity index (χ2n) is 4.68. The van der Waals surface area contributed by atoms with Crippen molar-refractivity contribution in [3.63, 3.8) is 0 Å². The number of aliphatic carboxylic acids is 1. The van der Waals surface area contributed by atoms with Crippen LogP contribution in [-0.4, -0.2) is 33.2 Å². The minimum absolute atomic E-state index is 0.405. The van der Waals surface area contributed by atoms with Gasteiger partial charge in [0.2, 0.25) is 0 Å². The Morgan fingerprint density at radius 1 is 1.42 bits per heavy atom. The molecule has 2 rings (SSSR count). The van der Waals surface area contributed by atoms with Crippen LogP contribution in [0.3, 0.4) is 0 Å². The van der Waals surface area contributed by atoms with Crippen LogP contribution in [0.5, 0.6) is 5.75 Å². The number of hydrogen-bond acceptors (Lipinski definition) is 4. The lowest BCUT2D eigenvalue weighted by Crippen LogP contribution is -2.28.